The standard InChI is InChI=1S/C22H16Cl3IN2O3/c1-30-20-10-15(4-7-19(20)26)22(29)28-27-11-14-8-17(24)21(18(25)9-14)31-12-13-2-5-16(23)6-3-13/h2-11H,12H2,1H3,(H,28,29)/b27-11-. The summed E-state index contributed by atoms with van der Waals surface area (Å²) >= 11 is 20.6. The van der Waals surface area contributed by atoms with Crippen molar-refractivity contribution in [3.05, 3.63) is 89.9 Å². The molecule has 0 aliphatic heterocycles. The Kier molecular flexibility index (Phi) is 8.43. The van der Waals surface area contributed by atoms with E-state index in [0.717, 1.165) is 9.13 Å². The first-order valence-corrected chi connectivity index (χ1v) is 11.1. The van der Waals surface area contributed by atoms with E-state index in [2.05, 4.69) is 33.1 Å². The van der Waals surface area contributed by atoms with E-state index < -0.39 is 0 Å². The number of hydrazone groups is 1. The molecule has 0 heterocycles. The lowest BCUT2D eigenvalue weighted by Gasteiger charge is -2.11. The largest absolute Gasteiger partial charge is 0.496 e. The molecule has 0 aliphatic rings. The maximum absolute atomic E-state index is 12.3. The lowest BCUT2D eigenvalue weighted by atomic mass is 10.2. The Balaban J connectivity index is 1.64. The monoisotopic (exact) mass is 588 g/mol. The lowest BCUT2D eigenvalue weighted by molar-refractivity contribution is 0.0954. The van der Waals surface area contributed by atoms with Crippen LogP contribution in [0.5, 0.6) is 11.5 Å². The van der Waals surface area contributed by atoms with Crippen LogP contribution in [0.15, 0.2) is 59.7 Å². The molecule has 9 heteroatoms. The van der Waals surface area contributed by atoms with Gasteiger partial charge in [0.25, 0.3) is 5.91 Å². The highest BCUT2D eigenvalue weighted by Crippen LogP contribution is 2.34. The normalized spacial score (nSPS) is 10.9. The molecule has 0 saturated heterocycles. The van der Waals surface area contributed by atoms with E-state index in [9.17, 15) is 4.79 Å². The van der Waals surface area contributed by atoms with Gasteiger partial charge in [0.1, 0.15) is 12.4 Å². The second kappa shape index (κ2) is 11.0. The molecule has 1 amide bonds. The number of benzene rings is 3. The van der Waals surface area contributed by atoms with Crippen molar-refractivity contribution in [2.24, 2.45) is 5.10 Å². The predicted molar refractivity (Wildman–Crippen MR) is 133 cm³/mol. The fraction of sp³-hybridized carbons (Fsp3) is 0.0909. The maximum Gasteiger partial charge on any atom is 0.271 e. The number of nitrogens with zero attached hydrogens (tertiary/aromatic N) is 1. The minimum Gasteiger partial charge on any atom is -0.496 e. The van der Waals surface area contributed by atoms with Gasteiger partial charge in [-0.1, -0.05) is 46.9 Å². The van der Waals surface area contributed by atoms with Crippen molar-refractivity contribution in [1.82, 2.24) is 5.43 Å². The second-order valence-electron chi connectivity index (χ2n) is 6.28. The number of nitrogens with one attached hydrogen (secondary N) is 1. The molecule has 0 fully saturated rings. The highest BCUT2D eigenvalue weighted by atomic mass is 127. The number of hydrogen-bond acceptors (Lipinski definition) is 4. The Morgan fingerprint density at radius 3 is 2.39 bits per heavy atom. The van der Waals surface area contributed by atoms with E-state index in [1.165, 1.54) is 6.21 Å². The van der Waals surface area contributed by atoms with Crippen LogP contribution in [0.1, 0.15) is 21.5 Å². The first kappa shape index (κ1) is 23.7. The fourth-order valence-corrected chi connectivity index (χ4v) is 3.85. The van der Waals surface area contributed by atoms with E-state index in [-0.39, 0.29) is 5.91 Å². The van der Waals surface area contributed by atoms with Crippen molar-refractivity contribution in [3.63, 3.8) is 0 Å². The first-order valence-electron chi connectivity index (χ1n) is 8.90. The van der Waals surface area contributed by atoms with Gasteiger partial charge in [-0.3, -0.25) is 4.79 Å². The van der Waals surface area contributed by atoms with Crippen LogP contribution in [0.2, 0.25) is 15.1 Å². The minimum atomic E-state index is -0.369. The van der Waals surface area contributed by atoms with Crippen LogP contribution in [-0.4, -0.2) is 19.2 Å². The van der Waals surface area contributed by atoms with Crippen LogP contribution in [0.25, 0.3) is 0 Å². The number of carbonyl (C=O) groups is 1. The van der Waals surface area contributed by atoms with Gasteiger partial charge in [-0.2, -0.15) is 5.10 Å². The SMILES string of the molecule is COc1cc(C(=O)N/N=C\c2cc(Cl)c(OCc3ccc(Cl)cc3)c(Cl)c2)ccc1I. The summed E-state index contributed by atoms with van der Waals surface area (Å²) in [7, 11) is 1.55. The van der Waals surface area contributed by atoms with Gasteiger partial charge in [-0.25, -0.2) is 5.43 Å². The van der Waals surface area contributed by atoms with E-state index in [1.807, 2.05) is 12.1 Å². The highest BCUT2D eigenvalue weighted by molar-refractivity contribution is 14.1. The number of hydrogen-bond donors (Lipinski definition) is 1. The number of methoxy groups -OCH3 is 1. The Labute approximate surface area is 208 Å². The molecule has 160 valence electrons. The van der Waals surface area contributed by atoms with Crippen LogP contribution >= 0.6 is 57.4 Å². The Morgan fingerprint density at radius 2 is 1.74 bits per heavy atom. The van der Waals surface area contributed by atoms with Crippen molar-refractivity contribution >= 4 is 69.5 Å². The first-order chi connectivity index (χ1) is 14.9. The Bertz CT molecular complexity index is 1100. The number of rotatable bonds is 7. The number of amides is 1. The van der Waals surface area contributed by atoms with Crippen LogP contribution in [-0.2, 0) is 6.61 Å². The van der Waals surface area contributed by atoms with Gasteiger partial charge in [0.05, 0.1) is 26.9 Å². The van der Waals surface area contributed by atoms with E-state index in [1.54, 1.807) is 49.6 Å². The molecular weight excluding hydrogens is 574 g/mol. The van der Waals surface area contributed by atoms with Crippen LogP contribution in [0, 0.1) is 3.57 Å². The highest BCUT2D eigenvalue weighted by Gasteiger charge is 2.11. The zero-order valence-corrected chi connectivity index (χ0v) is 20.6. The Morgan fingerprint density at radius 1 is 1.06 bits per heavy atom. The van der Waals surface area contributed by atoms with Gasteiger partial charge in [0.15, 0.2) is 5.75 Å². The summed E-state index contributed by atoms with van der Waals surface area (Å²) in [6.45, 7) is 0.291. The van der Waals surface area contributed by atoms with Crippen molar-refractivity contribution in [3.8, 4) is 11.5 Å². The molecule has 0 aliphatic carbocycles. The molecule has 31 heavy (non-hydrogen) atoms. The summed E-state index contributed by atoms with van der Waals surface area (Å²) in [5.41, 5.74) is 4.43. The fourth-order valence-electron chi connectivity index (χ4n) is 2.56. The zero-order valence-electron chi connectivity index (χ0n) is 16.2. The van der Waals surface area contributed by atoms with Gasteiger partial charge in [0.2, 0.25) is 0 Å². The molecule has 0 saturated carbocycles. The Hall–Kier alpha value is -2.00. The smallest absolute Gasteiger partial charge is 0.271 e. The van der Waals surface area contributed by atoms with Gasteiger partial charge in [-0.05, 0) is 76.2 Å². The summed E-state index contributed by atoms with van der Waals surface area (Å²) in [5, 5.41) is 5.28. The summed E-state index contributed by atoms with van der Waals surface area (Å²) in [5.74, 6) is 0.612. The third kappa shape index (κ3) is 6.49. The average Bonchev–Trinajstić information content (AvgIpc) is 2.74. The molecule has 3 aromatic rings. The van der Waals surface area contributed by atoms with Crippen molar-refractivity contribution < 1.29 is 14.3 Å². The molecule has 0 radical (unpaired) electrons. The summed E-state index contributed by atoms with van der Waals surface area (Å²) in [4.78, 5) is 12.3. The maximum atomic E-state index is 12.3. The molecule has 1 N–H and O–H groups in total. The third-order valence-corrected chi connectivity index (χ3v) is 5.81. The quantitative estimate of drug-likeness (QED) is 0.192. The zero-order chi connectivity index (χ0) is 22.4. The van der Waals surface area contributed by atoms with E-state index in [4.69, 9.17) is 44.3 Å². The van der Waals surface area contributed by atoms with Gasteiger partial charge in [-0.15, -0.1) is 0 Å². The summed E-state index contributed by atoms with van der Waals surface area (Å²) in [6, 6.07) is 15.7. The number of carbonyl (C=O) groups excluding carboxylic acids is 1. The van der Waals surface area contributed by atoms with Crippen LogP contribution in [0.4, 0.5) is 0 Å². The minimum absolute atomic E-state index is 0.291. The van der Waals surface area contributed by atoms with Crippen LogP contribution in [0.3, 0.4) is 0 Å². The summed E-state index contributed by atoms with van der Waals surface area (Å²) in [6.07, 6.45) is 1.45. The molecule has 3 aromatic carbocycles. The molecule has 0 aromatic heterocycles. The van der Waals surface area contributed by atoms with Gasteiger partial charge >= 0.3 is 0 Å². The second-order valence-corrected chi connectivity index (χ2v) is 8.69. The topological polar surface area (TPSA) is 59.9 Å². The van der Waals surface area contributed by atoms with Crippen molar-refractivity contribution in [2.45, 2.75) is 6.61 Å². The van der Waals surface area contributed by atoms with Gasteiger partial charge in [0, 0.05) is 10.6 Å². The van der Waals surface area contributed by atoms with Gasteiger partial charge < -0.3 is 9.47 Å². The van der Waals surface area contributed by atoms with E-state index in [0.29, 0.717) is 44.3 Å². The lowest BCUT2D eigenvalue weighted by Crippen LogP contribution is -2.17. The third-order valence-electron chi connectivity index (χ3n) is 4.11. The molecule has 5 nitrogen and oxygen atoms in total. The molecule has 0 unspecified atom stereocenters. The number of halogens is 4. The van der Waals surface area contributed by atoms with Crippen molar-refractivity contribution in [1.29, 1.82) is 0 Å². The molecule has 0 bridgehead atoms. The van der Waals surface area contributed by atoms with Crippen LogP contribution < -0.4 is 14.9 Å². The predicted octanol–water partition coefficient (Wildman–Crippen LogP) is 6.60. The molecular formula is C22H16Cl3IN2O3. The molecule has 0 spiro atoms. The van der Waals surface area contributed by atoms with E-state index >= 15 is 0 Å². The molecule has 0 atom stereocenters. The summed E-state index contributed by atoms with van der Waals surface area (Å²) < 4.78 is 11.9. The van der Waals surface area contributed by atoms with Crippen molar-refractivity contribution in [2.75, 3.05) is 7.11 Å². The number of ether oxygens (including phenoxy) is 2. The average molecular weight is 590 g/mol. The molecule has 3 rings (SSSR count).